The number of thiophene rings is 1. The molecule has 0 unspecified atom stereocenters. The number of carbonyl (C=O) groups excluding carboxylic acids is 2. The number of likely N-dealkylation sites (N-methyl/N-ethyl adjacent to an activating group) is 1. The van der Waals surface area contributed by atoms with Crippen molar-refractivity contribution in [2.24, 2.45) is 7.05 Å². The monoisotopic (exact) mass is 350 g/mol. The summed E-state index contributed by atoms with van der Waals surface area (Å²) in [4.78, 5) is 26.8. The molecule has 0 radical (unpaired) electrons. The number of aryl methyl sites for hydroxylation is 3. The molecule has 0 aliphatic heterocycles. The van der Waals surface area contributed by atoms with Crippen molar-refractivity contribution in [3.8, 4) is 0 Å². The fraction of sp³-hybridized carbons (Fsp3) is 0.438. The maximum Gasteiger partial charge on any atom is 0.340 e. The molecular weight excluding hydrogens is 328 g/mol. The van der Waals surface area contributed by atoms with Gasteiger partial charge in [-0.2, -0.15) is 5.10 Å². The third kappa shape index (κ3) is 4.42. The van der Waals surface area contributed by atoms with Crippen LogP contribution in [0.1, 0.15) is 26.5 Å². The van der Waals surface area contributed by atoms with E-state index in [1.807, 2.05) is 39.0 Å². The van der Waals surface area contributed by atoms with Gasteiger partial charge in [0.15, 0.2) is 0 Å². The molecule has 2 aromatic rings. The highest BCUT2D eigenvalue weighted by Crippen LogP contribution is 2.28. The largest absolute Gasteiger partial charge is 0.465 e. The summed E-state index contributed by atoms with van der Waals surface area (Å²) >= 11 is 1.36. The van der Waals surface area contributed by atoms with Gasteiger partial charge in [0.1, 0.15) is 5.00 Å². The van der Waals surface area contributed by atoms with Crippen molar-refractivity contribution in [3.05, 3.63) is 34.0 Å². The van der Waals surface area contributed by atoms with Gasteiger partial charge in [-0.25, -0.2) is 4.79 Å². The number of rotatable bonds is 6. The summed E-state index contributed by atoms with van der Waals surface area (Å²) in [5, 5.41) is 7.62. The molecule has 0 fully saturated rings. The molecule has 24 heavy (non-hydrogen) atoms. The van der Waals surface area contributed by atoms with Gasteiger partial charge in [-0.15, -0.1) is 11.3 Å². The van der Waals surface area contributed by atoms with Crippen LogP contribution in [0.3, 0.4) is 0 Å². The minimum atomic E-state index is -0.450. The maximum absolute atomic E-state index is 12.3. The average Bonchev–Trinajstić information content (AvgIpc) is 3.00. The Kier molecular flexibility index (Phi) is 5.74. The van der Waals surface area contributed by atoms with E-state index in [4.69, 9.17) is 4.74 Å². The van der Waals surface area contributed by atoms with Crippen molar-refractivity contribution in [1.82, 2.24) is 14.7 Å². The number of ether oxygens (including phenoxy) is 1. The van der Waals surface area contributed by atoms with E-state index < -0.39 is 5.97 Å². The molecule has 8 heteroatoms. The highest BCUT2D eigenvalue weighted by atomic mass is 32.1. The molecule has 0 saturated heterocycles. The first-order valence-electron chi connectivity index (χ1n) is 7.46. The zero-order chi connectivity index (χ0) is 17.9. The molecule has 0 saturated carbocycles. The lowest BCUT2D eigenvalue weighted by Crippen LogP contribution is -2.30. The van der Waals surface area contributed by atoms with E-state index in [1.165, 1.54) is 18.4 Å². The fourth-order valence-corrected chi connectivity index (χ4v) is 3.35. The van der Waals surface area contributed by atoms with Crippen LogP contribution in [0, 0.1) is 13.8 Å². The van der Waals surface area contributed by atoms with E-state index >= 15 is 0 Å². The summed E-state index contributed by atoms with van der Waals surface area (Å²) in [5.41, 5.74) is 2.42. The molecule has 0 aliphatic rings. The lowest BCUT2D eigenvalue weighted by atomic mass is 10.2. The Bertz CT molecular complexity index is 751. The van der Waals surface area contributed by atoms with Gasteiger partial charge < -0.3 is 10.1 Å². The summed E-state index contributed by atoms with van der Waals surface area (Å²) in [6, 6.07) is 1.72. The van der Waals surface area contributed by atoms with E-state index in [2.05, 4.69) is 10.4 Å². The van der Waals surface area contributed by atoms with Crippen molar-refractivity contribution < 1.29 is 14.3 Å². The summed E-state index contributed by atoms with van der Waals surface area (Å²) in [6.45, 7) is 4.66. The van der Waals surface area contributed by atoms with Crippen LogP contribution in [0.15, 0.2) is 12.3 Å². The predicted octanol–water partition coefficient (Wildman–Crippen LogP) is 1.96. The highest BCUT2D eigenvalue weighted by molar-refractivity contribution is 7.16. The van der Waals surface area contributed by atoms with Crippen LogP contribution >= 0.6 is 11.3 Å². The molecule has 130 valence electrons. The molecule has 2 heterocycles. The van der Waals surface area contributed by atoms with Gasteiger partial charge >= 0.3 is 5.97 Å². The lowest BCUT2D eigenvalue weighted by Gasteiger charge is -2.15. The minimum Gasteiger partial charge on any atom is -0.465 e. The Balaban J connectivity index is 1.98. The second-order valence-electron chi connectivity index (χ2n) is 5.73. The van der Waals surface area contributed by atoms with Gasteiger partial charge in [0, 0.05) is 30.2 Å². The van der Waals surface area contributed by atoms with Crippen LogP contribution in [0.4, 0.5) is 5.00 Å². The number of anilines is 1. The number of esters is 1. The summed E-state index contributed by atoms with van der Waals surface area (Å²) in [7, 11) is 5.06. The first-order chi connectivity index (χ1) is 11.3. The molecule has 0 atom stereocenters. The number of carbonyl (C=O) groups is 2. The van der Waals surface area contributed by atoms with Crippen LogP contribution in [0.25, 0.3) is 0 Å². The number of amides is 1. The Morgan fingerprint density at radius 3 is 2.71 bits per heavy atom. The van der Waals surface area contributed by atoms with E-state index in [0.29, 0.717) is 17.1 Å². The van der Waals surface area contributed by atoms with Gasteiger partial charge in [-0.3, -0.25) is 14.4 Å². The minimum absolute atomic E-state index is 0.175. The van der Waals surface area contributed by atoms with Crippen molar-refractivity contribution in [3.63, 3.8) is 0 Å². The molecule has 2 rings (SSSR count). The molecule has 1 N–H and O–H groups in total. The summed E-state index contributed by atoms with van der Waals surface area (Å²) < 4.78 is 6.50. The molecule has 7 nitrogen and oxygen atoms in total. The number of nitrogens with one attached hydrogen (secondary N) is 1. The van der Waals surface area contributed by atoms with Gasteiger partial charge in [0.25, 0.3) is 0 Å². The number of hydrogen-bond donors (Lipinski definition) is 1. The topological polar surface area (TPSA) is 76.5 Å². The third-order valence-electron chi connectivity index (χ3n) is 3.48. The Hall–Kier alpha value is -2.19. The normalized spacial score (nSPS) is 10.9. The number of nitrogens with zero attached hydrogens (tertiary/aromatic N) is 3. The zero-order valence-corrected chi connectivity index (χ0v) is 15.4. The van der Waals surface area contributed by atoms with Crippen LogP contribution in [-0.2, 0) is 23.1 Å². The maximum atomic E-state index is 12.3. The third-order valence-corrected chi connectivity index (χ3v) is 4.45. The Morgan fingerprint density at radius 2 is 2.12 bits per heavy atom. The van der Waals surface area contributed by atoms with Crippen molar-refractivity contribution in [1.29, 1.82) is 0 Å². The Morgan fingerprint density at radius 1 is 1.42 bits per heavy atom. The molecule has 0 aromatic carbocycles. The lowest BCUT2D eigenvalue weighted by molar-refractivity contribution is -0.117. The molecule has 2 aromatic heterocycles. The van der Waals surface area contributed by atoms with Crippen LogP contribution in [0.2, 0.25) is 0 Å². The van der Waals surface area contributed by atoms with Gasteiger partial charge in [-0.1, -0.05) is 0 Å². The Labute approximate surface area is 145 Å². The second-order valence-corrected chi connectivity index (χ2v) is 6.98. The molecule has 0 spiro atoms. The standard InChI is InChI=1S/C16H22N4O3S/c1-10-6-13(16(22)23-5)15(24-10)17-14(21)9-19(3)7-12-8-20(4)18-11(12)2/h6,8H,7,9H2,1-5H3,(H,17,21). The van der Waals surface area contributed by atoms with Gasteiger partial charge in [-0.05, 0) is 27.0 Å². The van der Waals surface area contributed by atoms with Crippen LogP contribution < -0.4 is 5.32 Å². The van der Waals surface area contributed by atoms with Crippen LogP contribution in [0.5, 0.6) is 0 Å². The molecular formula is C16H22N4O3S. The van der Waals surface area contributed by atoms with E-state index in [-0.39, 0.29) is 12.5 Å². The zero-order valence-electron chi connectivity index (χ0n) is 14.5. The van der Waals surface area contributed by atoms with E-state index in [1.54, 1.807) is 10.7 Å². The first-order valence-corrected chi connectivity index (χ1v) is 8.28. The predicted molar refractivity (Wildman–Crippen MR) is 93.3 cm³/mol. The van der Waals surface area contributed by atoms with E-state index in [9.17, 15) is 9.59 Å². The van der Waals surface area contributed by atoms with Crippen molar-refractivity contribution >= 4 is 28.2 Å². The number of hydrogen-bond acceptors (Lipinski definition) is 6. The van der Waals surface area contributed by atoms with Gasteiger partial charge in [0.2, 0.25) is 5.91 Å². The fourth-order valence-electron chi connectivity index (χ4n) is 2.43. The first kappa shape index (κ1) is 18.2. The SMILES string of the molecule is COC(=O)c1cc(C)sc1NC(=O)CN(C)Cc1cn(C)nc1C. The van der Waals surface area contributed by atoms with Crippen molar-refractivity contribution in [2.45, 2.75) is 20.4 Å². The average molecular weight is 350 g/mol. The number of methoxy groups -OCH3 is 1. The van der Waals surface area contributed by atoms with Gasteiger partial charge in [0.05, 0.1) is 24.9 Å². The van der Waals surface area contributed by atoms with Crippen molar-refractivity contribution in [2.75, 3.05) is 26.0 Å². The molecule has 0 aliphatic carbocycles. The molecule has 1 amide bonds. The second kappa shape index (κ2) is 7.59. The quantitative estimate of drug-likeness (QED) is 0.806. The molecule has 0 bridgehead atoms. The summed E-state index contributed by atoms with van der Waals surface area (Å²) in [6.07, 6.45) is 1.95. The van der Waals surface area contributed by atoms with E-state index in [0.717, 1.165) is 16.1 Å². The summed E-state index contributed by atoms with van der Waals surface area (Å²) in [5.74, 6) is -0.625. The number of aromatic nitrogens is 2. The smallest absolute Gasteiger partial charge is 0.340 e. The van der Waals surface area contributed by atoms with Crippen LogP contribution in [-0.4, -0.2) is 47.3 Å². The highest BCUT2D eigenvalue weighted by Gasteiger charge is 2.18.